The van der Waals surface area contributed by atoms with Gasteiger partial charge < -0.3 is 10.2 Å². The number of carbonyl (C=O) groups excluding carboxylic acids is 1. The Balaban J connectivity index is 1.64. The van der Waals surface area contributed by atoms with Gasteiger partial charge in [-0.25, -0.2) is 4.79 Å². The topological polar surface area (TPSA) is 50.2 Å². The van der Waals surface area contributed by atoms with E-state index in [-0.39, 0.29) is 12.1 Å². The molecule has 1 saturated heterocycles. The van der Waals surface area contributed by atoms with Crippen molar-refractivity contribution in [1.82, 2.24) is 14.7 Å². The van der Waals surface area contributed by atoms with Crippen LogP contribution in [0.4, 0.5) is 10.5 Å². The van der Waals surface area contributed by atoms with Crippen LogP contribution in [-0.4, -0.2) is 27.3 Å². The fourth-order valence-electron chi connectivity index (χ4n) is 3.78. The van der Waals surface area contributed by atoms with Gasteiger partial charge in [-0.2, -0.15) is 5.10 Å². The van der Waals surface area contributed by atoms with Crippen LogP contribution in [0.25, 0.3) is 10.8 Å². The highest BCUT2D eigenvalue weighted by Crippen LogP contribution is 2.36. The molecule has 0 aliphatic carbocycles. The number of urea groups is 1. The summed E-state index contributed by atoms with van der Waals surface area (Å²) < 4.78 is 1.72. The van der Waals surface area contributed by atoms with E-state index in [0.29, 0.717) is 0 Å². The Bertz CT molecular complexity index is 925. The molecule has 5 nitrogen and oxygen atoms in total. The minimum absolute atomic E-state index is 0.0495. The summed E-state index contributed by atoms with van der Waals surface area (Å²) >= 11 is 0. The molecule has 0 bridgehead atoms. The van der Waals surface area contributed by atoms with Gasteiger partial charge in [0.05, 0.1) is 17.4 Å². The second-order valence-corrected chi connectivity index (χ2v) is 6.65. The number of fused-ring (bicyclic) bond motifs is 1. The lowest BCUT2D eigenvalue weighted by atomic mass is 9.97. The van der Waals surface area contributed by atoms with Gasteiger partial charge in [-0.05, 0) is 36.1 Å². The number of benzene rings is 2. The average molecular weight is 334 g/mol. The van der Waals surface area contributed by atoms with E-state index in [0.717, 1.165) is 30.8 Å². The van der Waals surface area contributed by atoms with E-state index >= 15 is 0 Å². The molecular formula is C20H22N4O. The summed E-state index contributed by atoms with van der Waals surface area (Å²) in [6, 6.07) is 14.8. The first-order chi connectivity index (χ1) is 12.1. The zero-order valence-electron chi connectivity index (χ0n) is 14.6. The molecule has 1 fully saturated rings. The normalized spacial score (nSPS) is 17.2. The van der Waals surface area contributed by atoms with Crippen LogP contribution >= 0.6 is 0 Å². The zero-order chi connectivity index (χ0) is 17.4. The van der Waals surface area contributed by atoms with Crippen LogP contribution in [-0.2, 0) is 7.05 Å². The van der Waals surface area contributed by atoms with Crippen LogP contribution in [0.5, 0.6) is 0 Å². The predicted octanol–water partition coefficient (Wildman–Crippen LogP) is 4.25. The van der Waals surface area contributed by atoms with Crippen LogP contribution in [0.15, 0.2) is 48.7 Å². The highest BCUT2D eigenvalue weighted by Gasteiger charge is 2.31. The molecule has 1 aliphatic rings. The summed E-state index contributed by atoms with van der Waals surface area (Å²) in [6.07, 6.45) is 3.86. The lowest BCUT2D eigenvalue weighted by Gasteiger charge is -2.26. The summed E-state index contributed by atoms with van der Waals surface area (Å²) in [5, 5.41) is 9.76. The minimum atomic E-state index is -0.0495. The third kappa shape index (κ3) is 2.86. The van der Waals surface area contributed by atoms with Gasteiger partial charge in [0, 0.05) is 19.8 Å². The number of likely N-dealkylation sites (tertiary alicyclic amines) is 1. The maximum Gasteiger partial charge on any atom is 0.322 e. The number of aryl methyl sites for hydroxylation is 2. The van der Waals surface area contributed by atoms with E-state index in [4.69, 9.17) is 0 Å². The molecule has 0 radical (unpaired) electrons. The molecule has 0 spiro atoms. The molecule has 4 rings (SSSR count). The first-order valence-corrected chi connectivity index (χ1v) is 8.69. The number of rotatable bonds is 2. The maximum absolute atomic E-state index is 12.9. The van der Waals surface area contributed by atoms with Gasteiger partial charge in [0.15, 0.2) is 0 Å². The number of carbonyl (C=O) groups is 1. The van der Waals surface area contributed by atoms with E-state index < -0.39 is 0 Å². The van der Waals surface area contributed by atoms with Crippen LogP contribution < -0.4 is 5.32 Å². The number of aromatic nitrogens is 2. The second-order valence-electron chi connectivity index (χ2n) is 6.65. The molecule has 1 N–H and O–H groups in total. The molecule has 5 heteroatoms. The molecule has 1 aromatic heterocycles. The predicted molar refractivity (Wildman–Crippen MR) is 99.6 cm³/mol. The molecule has 3 aromatic rings. The third-order valence-corrected chi connectivity index (χ3v) is 4.95. The minimum Gasteiger partial charge on any atom is -0.317 e. The van der Waals surface area contributed by atoms with E-state index in [1.165, 1.54) is 16.3 Å². The number of anilines is 1. The summed E-state index contributed by atoms with van der Waals surface area (Å²) in [5.41, 5.74) is 2.83. The standard InChI is InChI=1S/C20H22N4O/c1-14-18(13-23(2)22-14)21-20(25)24-12-6-11-19(24)17-10-5-8-15-7-3-4-9-16(15)17/h3-5,7-10,13,19H,6,11-12H2,1-2H3,(H,21,25). The fourth-order valence-corrected chi connectivity index (χ4v) is 3.78. The summed E-state index contributed by atoms with van der Waals surface area (Å²) in [5.74, 6) is 0. The van der Waals surface area contributed by atoms with Gasteiger partial charge in [-0.1, -0.05) is 42.5 Å². The van der Waals surface area contributed by atoms with Crippen molar-refractivity contribution >= 4 is 22.5 Å². The average Bonchev–Trinajstić information content (AvgIpc) is 3.21. The van der Waals surface area contributed by atoms with Crippen molar-refractivity contribution in [3.8, 4) is 0 Å². The van der Waals surface area contributed by atoms with Crippen molar-refractivity contribution in [2.24, 2.45) is 7.05 Å². The monoisotopic (exact) mass is 334 g/mol. The number of nitrogens with one attached hydrogen (secondary N) is 1. The highest BCUT2D eigenvalue weighted by atomic mass is 16.2. The van der Waals surface area contributed by atoms with Crippen molar-refractivity contribution in [2.45, 2.75) is 25.8 Å². The lowest BCUT2D eigenvalue weighted by molar-refractivity contribution is 0.207. The van der Waals surface area contributed by atoms with Crippen molar-refractivity contribution in [2.75, 3.05) is 11.9 Å². The van der Waals surface area contributed by atoms with Crippen LogP contribution in [0, 0.1) is 6.92 Å². The molecule has 2 amide bonds. The summed E-state index contributed by atoms with van der Waals surface area (Å²) in [6.45, 7) is 2.68. The van der Waals surface area contributed by atoms with E-state index in [2.05, 4.69) is 52.9 Å². The SMILES string of the molecule is Cc1nn(C)cc1NC(=O)N1CCCC1c1cccc2ccccc12. The summed E-state index contributed by atoms with van der Waals surface area (Å²) in [7, 11) is 1.86. The Kier molecular flexibility index (Phi) is 3.92. The van der Waals surface area contributed by atoms with Crippen molar-refractivity contribution < 1.29 is 4.79 Å². The molecule has 2 heterocycles. The maximum atomic E-state index is 12.9. The first kappa shape index (κ1) is 15.7. The second kappa shape index (κ2) is 6.24. The van der Waals surface area contributed by atoms with Gasteiger partial charge in [0.1, 0.15) is 0 Å². The molecule has 128 valence electrons. The molecule has 0 saturated carbocycles. The third-order valence-electron chi connectivity index (χ3n) is 4.95. The van der Waals surface area contributed by atoms with Gasteiger partial charge >= 0.3 is 6.03 Å². The molecule has 1 unspecified atom stereocenters. The largest absolute Gasteiger partial charge is 0.322 e. The Morgan fingerprint density at radius 3 is 2.80 bits per heavy atom. The lowest BCUT2D eigenvalue weighted by Crippen LogP contribution is -2.34. The number of amides is 2. The number of hydrogen-bond acceptors (Lipinski definition) is 2. The molecule has 25 heavy (non-hydrogen) atoms. The highest BCUT2D eigenvalue weighted by molar-refractivity contribution is 5.91. The molecule has 1 atom stereocenters. The number of hydrogen-bond donors (Lipinski definition) is 1. The van der Waals surface area contributed by atoms with Crippen LogP contribution in [0.3, 0.4) is 0 Å². The smallest absolute Gasteiger partial charge is 0.317 e. The van der Waals surface area contributed by atoms with Gasteiger partial charge in [-0.3, -0.25) is 4.68 Å². The van der Waals surface area contributed by atoms with Crippen molar-refractivity contribution in [1.29, 1.82) is 0 Å². The van der Waals surface area contributed by atoms with Gasteiger partial charge in [0.2, 0.25) is 0 Å². The van der Waals surface area contributed by atoms with E-state index in [1.807, 2.05) is 25.1 Å². The fraction of sp³-hybridized carbons (Fsp3) is 0.300. The number of nitrogens with zero attached hydrogens (tertiary/aromatic N) is 3. The van der Waals surface area contributed by atoms with Gasteiger partial charge in [0.25, 0.3) is 0 Å². The van der Waals surface area contributed by atoms with E-state index in [1.54, 1.807) is 4.68 Å². The molecule has 1 aliphatic heterocycles. The van der Waals surface area contributed by atoms with Crippen molar-refractivity contribution in [3.63, 3.8) is 0 Å². The van der Waals surface area contributed by atoms with Crippen LogP contribution in [0.1, 0.15) is 30.1 Å². The van der Waals surface area contributed by atoms with Crippen molar-refractivity contribution in [3.05, 3.63) is 59.9 Å². The summed E-state index contributed by atoms with van der Waals surface area (Å²) in [4.78, 5) is 14.8. The Morgan fingerprint density at radius 2 is 2.00 bits per heavy atom. The molecule has 2 aromatic carbocycles. The Hall–Kier alpha value is -2.82. The Morgan fingerprint density at radius 1 is 1.20 bits per heavy atom. The quantitative estimate of drug-likeness (QED) is 0.761. The Labute approximate surface area is 147 Å². The van der Waals surface area contributed by atoms with Crippen LogP contribution in [0.2, 0.25) is 0 Å². The first-order valence-electron chi connectivity index (χ1n) is 8.69. The van der Waals surface area contributed by atoms with E-state index in [9.17, 15) is 4.79 Å². The van der Waals surface area contributed by atoms with Gasteiger partial charge in [-0.15, -0.1) is 0 Å². The molecular weight excluding hydrogens is 312 g/mol. The zero-order valence-corrected chi connectivity index (χ0v) is 14.6.